The highest BCUT2D eigenvalue weighted by Crippen LogP contribution is 2.50. The Hall–Kier alpha value is -5.42. The van der Waals surface area contributed by atoms with Crippen molar-refractivity contribution in [2.75, 3.05) is 23.9 Å². The van der Waals surface area contributed by atoms with Crippen LogP contribution in [0.3, 0.4) is 0 Å². The number of pyridine rings is 2. The van der Waals surface area contributed by atoms with Gasteiger partial charge in [-0.3, -0.25) is 0 Å². The number of anilines is 4. The topological polar surface area (TPSA) is 37.2 Å². The molecule has 4 aromatic carbocycles. The summed E-state index contributed by atoms with van der Waals surface area (Å²) in [5, 5.41) is 2.60. The van der Waals surface area contributed by atoms with Gasteiger partial charge in [-0.1, -0.05) is 74.0 Å². The first-order chi connectivity index (χ1) is 22.6. The number of rotatable bonds is 4. The number of hydrogen-bond acceptors (Lipinski definition) is 4. The molecule has 234 valence electrons. The molecule has 47 heavy (non-hydrogen) atoms. The molecule has 0 N–H and O–H groups in total. The molecule has 0 aliphatic heterocycles. The third kappa shape index (κ3) is 5.32. The second-order valence-corrected chi connectivity index (χ2v) is 13.2. The van der Waals surface area contributed by atoms with Gasteiger partial charge in [-0.2, -0.15) is 0 Å². The zero-order chi connectivity index (χ0) is 32.9. The molecular formula is C42H41N5. The highest BCUT2D eigenvalue weighted by Gasteiger charge is 2.35. The molecule has 1 aliphatic carbocycles. The van der Waals surface area contributed by atoms with E-state index in [1.807, 2.05) is 48.8 Å². The van der Waals surface area contributed by atoms with Crippen LogP contribution in [-0.2, 0) is 12.5 Å². The van der Waals surface area contributed by atoms with Gasteiger partial charge in [-0.25, -0.2) is 9.97 Å². The lowest BCUT2D eigenvalue weighted by atomic mass is 9.82. The Bertz CT molecular complexity index is 2230. The van der Waals surface area contributed by atoms with Gasteiger partial charge in [-0.05, 0) is 96.3 Å². The van der Waals surface area contributed by atoms with E-state index in [0.717, 1.165) is 17.3 Å². The summed E-state index contributed by atoms with van der Waals surface area (Å²) in [6.07, 6.45) is 3.66. The zero-order valence-electron chi connectivity index (χ0n) is 28.3. The van der Waals surface area contributed by atoms with Gasteiger partial charge in [0.1, 0.15) is 11.6 Å². The first kappa shape index (κ1) is 30.2. The van der Waals surface area contributed by atoms with Crippen molar-refractivity contribution in [1.29, 1.82) is 0 Å². The third-order valence-corrected chi connectivity index (χ3v) is 9.72. The van der Waals surface area contributed by atoms with Gasteiger partial charge < -0.3 is 14.4 Å². The normalized spacial score (nSPS) is 12.7. The number of benzene rings is 4. The van der Waals surface area contributed by atoms with E-state index in [1.54, 1.807) is 0 Å². The summed E-state index contributed by atoms with van der Waals surface area (Å²) in [4.78, 5) is 13.1. The molecule has 0 bridgehead atoms. The van der Waals surface area contributed by atoms with E-state index in [4.69, 9.17) is 0 Å². The van der Waals surface area contributed by atoms with E-state index >= 15 is 0 Å². The zero-order valence-corrected chi connectivity index (χ0v) is 28.3. The Morgan fingerprint density at radius 3 is 1.66 bits per heavy atom. The van der Waals surface area contributed by atoms with Crippen LogP contribution in [0.5, 0.6) is 0 Å². The van der Waals surface area contributed by atoms with Crippen LogP contribution in [0.25, 0.3) is 32.9 Å². The average Bonchev–Trinajstić information content (AvgIpc) is 3.50. The minimum Gasteiger partial charge on any atom is -0.344 e. The standard InChI is InChI=1S/C22H22N2.C20H19N3/c1-15-8-10-17-18-11-9-16(24(4)21-7-5-6-12-23-21)14-20(18)22(2,3)19(17)13-15;1-14-7-9-16-17-10-8-15(13-19(17)23(3)18(16)12-14)22(2)20-6-4-5-11-21-20/h5-14H,1-4H3;4-13H,1-3H3. The van der Waals surface area contributed by atoms with Crippen LogP contribution in [0, 0.1) is 13.8 Å². The fraction of sp³-hybridized carbons (Fsp3) is 0.190. The molecule has 5 heteroatoms. The molecule has 7 aromatic rings. The molecule has 0 saturated heterocycles. The third-order valence-electron chi connectivity index (χ3n) is 9.72. The van der Waals surface area contributed by atoms with E-state index in [-0.39, 0.29) is 5.41 Å². The predicted molar refractivity (Wildman–Crippen MR) is 199 cm³/mol. The van der Waals surface area contributed by atoms with Gasteiger partial charge in [0.25, 0.3) is 0 Å². The Labute approximate surface area is 277 Å². The summed E-state index contributed by atoms with van der Waals surface area (Å²) in [6, 6.07) is 38.8. The van der Waals surface area contributed by atoms with Crippen molar-refractivity contribution < 1.29 is 0 Å². The SMILES string of the molecule is Cc1ccc2c(c1)C(C)(C)c1cc(N(C)c3ccccn3)ccc1-2.Cc1ccc2c3ccc(N(C)c4ccccn4)cc3n(C)c2c1. The molecule has 0 spiro atoms. The van der Waals surface area contributed by atoms with Crippen molar-refractivity contribution in [2.45, 2.75) is 33.1 Å². The lowest BCUT2D eigenvalue weighted by molar-refractivity contribution is 0.659. The Morgan fingerprint density at radius 2 is 1.04 bits per heavy atom. The molecule has 3 heterocycles. The van der Waals surface area contributed by atoms with Crippen molar-refractivity contribution in [1.82, 2.24) is 14.5 Å². The summed E-state index contributed by atoms with van der Waals surface area (Å²) in [6.45, 7) is 8.94. The fourth-order valence-electron chi connectivity index (χ4n) is 6.93. The smallest absolute Gasteiger partial charge is 0.132 e. The summed E-state index contributed by atoms with van der Waals surface area (Å²) in [5.41, 5.74) is 13.0. The maximum Gasteiger partial charge on any atom is 0.132 e. The predicted octanol–water partition coefficient (Wildman–Crippen LogP) is 10.3. The monoisotopic (exact) mass is 615 g/mol. The molecule has 0 amide bonds. The van der Waals surface area contributed by atoms with E-state index in [2.05, 4.69) is 146 Å². The van der Waals surface area contributed by atoms with Crippen molar-refractivity contribution in [3.8, 4) is 11.1 Å². The second kappa shape index (κ2) is 11.7. The maximum atomic E-state index is 4.46. The summed E-state index contributed by atoms with van der Waals surface area (Å²) < 4.78 is 2.27. The van der Waals surface area contributed by atoms with Gasteiger partial charge in [-0.15, -0.1) is 0 Å². The van der Waals surface area contributed by atoms with Crippen LogP contribution in [0.15, 0.2) is 122 Å². The fourth-order valence-corrected chi connectivity index (χ4v) is 6.93. The minimum atomic E-state index is 0.0254. The highest BCUT2D eigenvalue weighted by atomic mass is 15.2. The van der Waals surface area contributed by atoms with Crippen LogP contribution in [0.1, 0.15) is 36.1 Å². The molecule has 0 unspecified atom stereocenters. The lowest BCUT2D eigenvalue weighted by Gasteiger charge is -2.24. The van der Waals surface area contributed by atoms with E-state index in [9.17, 15) is 0 Å². The average molecular weight is 616 g/mol. The molecule has 1 aliphatic rings. The van der Waals surface area contributed by atoms with E-state index in [0.29, 0.717) is 0 Å². The van der Waals surface area contributed by atoms with Crippen molar-refractivity contribution >= 4 is 44.8 Å². The van der Waals surface area contributed by atoms with Crippen LogP contribution >= 0.6 is 0 Å². The molecular weight excluding hydrogens is 574 g/mol. The quantitative estimate of drug-likeness (QED) is 0.197. The van der Waals surface area contributed by atoms with Gasteiger partial charge in [0.2, 0.25) is 0 Å². The van der Waals surface area contributed by atoms with Crippen LogP contribution in [-0.4, -0.2) is 28.6 Å². The molecule has 8 rings (SSSR count). The number of aromatic nitrogens is 3. The van der Waals surface area contributed by atoms with Gasteiger partial charge in [0, 0.05) is 66.6 Å². The molecule has 3 aromatic heterocycles. The first-order valence-corrected chi connectivity index (χ1v) is 16.2. The number of hydrogen-bond donors (Lipinski definition) is 0. The lowest BCUT2D eigenvalue weighted by Crippen LogP contribution is -2.17. The second-order valence-electron chi connectivity index (χ2n) is 13.2. The Balaban J connectivity index is 0.000000150. The molecule has 0 fully saturated rings. The summed E-state index contributed by atoms with van der Waals surface area (Å²) in [5.74, 6) is 1.91. The van der Waals surface area contributed by atoms with Crippen molar-refractivity contribution in [3.63, 3.8) is 0 Å². The molecule has 0 atom stereocenters. The Morgan fingerprint density at radius 1 is 0.553 bits per heavy atom. The molecule has 5 nitrogen and oxygen atoms in total. The summed E-state index contributed by atoms with van der Waals surface area (Å²) in [7, 11) is 6.26. The Kier molecular flexibility index (Phi) is 7.56. The maximum absolute atomic E-state index is 4.46. The van der Waals surface area contributed by atoms with Crippen LogP contribution < -0.4 is 9.80 Å². The van der Waals surface area contributed by atoms with Crippen molar-refractivity contribution in [3.05, 3.63) is 144 Å². The summed E-state index contributed by atoms with van der Waals surface area (Å²) >= 11 is 0. The first-order valence-electron chi connectivity index (χ1n) is 16.2. The van der Waals surface area contributed by atoms with Crippen LogP contribution in [0.2, 0.25) is 0 Å². The number of nitrogens with zero attached hydrogens (tertiary/aromatic N) is 5. The van der Waals surface area contributed by atoms with Crippen LogP contribution in [0.4, 0.5) is 23.0 Å². The van der Waals surface area contributed by atoms with Crippen molar-refractivity contribution in [2.24, 2.45) is 7.05 Å². The van der Waals surface area contributed by atoms with E-state index in [1.165, 1.54) is 60.9 Å². The highest BCUT2D eigenvalue weighted by molar-refractivity contribution is 6.09. The number of fused-ring (bicyclic) bond motifs is 6. The largest absolute Gasteiger partial charge is 0.344 e. The number of aryl methyl sites for hydroxylation is 3. The van der Waals surface area contributed by atoms with Gasteiger partial charge in [0.05, 0.1) is 5.52 Å². The van der Waals surface area contributed by atoms with Gasteiger partial charge >= 0.3 is 0 Å². The molecule has 0 radical (unpaired) electrons. The molecule has 0 saturated carbocycles. The van der Waals surface area contributed by atoms with E-state index < -0.39 is 0 Å². The van der Waals surface area contributed by atoms with Gasteiger partial charge in [0.15, 0.2) is 0 Å². The minimum absolute atomic E-state index is 0.0254.